The first-order valence-corrected chi connectivity index (χ1v) is 8.62. The highest BCUT2D eigenvalue weighted by Gasteiger charge is 2.55. The predicted octanol–water partition coefficient (Wildman–Crippen LogP) is 2.17. The van der Waals surface area contributed by atoms with E-state index in [4.69, 9.17) is 0 Å². The lowest BCUT2D eigenvalue weighted by Gasteiger charge is -2.36. The Kier molecular flexibility index (Phi) is 4.81. The number of nitrogens with one attached hydrogen (secondary N) is 2. The molecule has 1 aromatic carbocycles. The van der Waals surface area contributed by atoms with Gasteiger partial charge < -0.3 is 10.6 Å². The number of hydrogen-bond donors (Lipinski definition) is 2. The van der Waals surface area contributed by atoms with Gasteiger partial charge in [-0.15, -0.1) is 0 Å². The van der Waals surface area contributed by atoms with Crippen LogP contribution in [0, 0.1) is 21.8 Å². The Morgan fingerprint density at radius 3 is 2.85 bits per heavy atom. The lowest BCUT2D eigenvalue weighted by atomic mass is 9.73. The molecule has 2 atom stereocenters. The van der Waals surface area contributed by atoms with E-state index in [-0.39, 0.29) is 11.6 Å². The summed E-state index contributed by atoms with van der Waals surface area (Å²) in [6.07, 6.45) is 3.08. The molecule has 27 heavy (non-hydrogen) atoms. The van der Waals surface area contributed by atoms with E-state index in [0.29, 0.717) is 6.42 Å². The lowest BCUT2D eigenvalue weighted by molar-refractivity contribution is -0.384. The molecule has 2 fully saturated rings. The number of non-ortho nitro benzene ring substituents is 1. The lowest BCUT2D eigenvalue weighted by Crippen LogP contribution is -2.54. The Hall–Kier alpha value is -3.04. The number of imide groups is 1. The van der Waals surface area contributed by atoms with Crippen molar-refractivity contribution in [3.8, 4) is 0 Å². The second-order valence-electron chi connectivity index (χ2n) is 6.91. The minimum Gasteiger partial charge on any atom is -0.323 e. The average Bonchev–Trinajstić information content (AvgIpc) is 2.84. The molecule has 3 rings (SSSR count). The average molecular weight is 378 g/mol. The monoisotopic (exact) mass is 378 g/mol. The van der Waals surface area contributed by atoms with Gasteiger partial charge in [-0.3, -0.25) is 24.6 Å². The van der Waals surface area contributed by atoms with Crippen molar-refractivity contribution in [3.05, 3.63) is 34.1 Å². The molecule has 2 aliphatic rings. The van der Waals surface area contributed by atoms with Crippen LogP contribution in [0.4, 0.5) is 20.6 Å². The van der Waals surface area contributed by atoms with Crippen LogP contribution in [-0.2, 0) is 9.59 Å². The third kappa shape index (κ3) is 3.34. The van der Waals surface area contributed by atoms with E-state index in [1.165, 1.54) is 0 Å². The van der Waals surface area contributed by atoms with Gasteiger partial charge in [0.15, 0.2) is 0 Å². The molecule has 0 radical (unpaired) electrons. The number of rotatable bonds is 4. The Balaban J connectivity index is 1.73. The van der Waals surface area contributed by atoms with Crippen molar-refractivity contribution < 1.29 is 23.7 Å². The molecule has 1 saturated heterocycles. The van der Waals surface area contributed by atoms with Crippen LogP contribution in [0.3, 0.4) is 0 Å². The number of benzene rings is 1. The van der Waals surface area contributed by atoms with Crippen LogP contribution in [-0.4, -0.2) is 39.8 Å². The molecule has 1 aromatic rings. The summed E-state index contributed by atoms with van der Waals surface area (Å²) >= 11 is 0. The van der Waals surface area contributed by atoms with Crippen LogP contribution in [0.15, 0.2) is 18.2 Å². The maximum absolute atomic E-state index is 13.8. The highest BCUT2D eigenvalue weighted by Crippen LogP contribution is 2.38. The molecule has 4 amide bonds. The van der Waals surface area contributed by atoms with Gasteiger partial charge in [0.2, 0.25) is 5.91 Å². The van der Waals surface area contributed by atoms with Crippen LogP contribution >= 0.6 is 0 Å². The van der Waals surface area contributed by atoms with E-state index in [1.54, 1.807) is 0 Å². The van der Waals surface area contributed by atoms with E-state index < -0.39 is 46.4 Å². The number of nitrogens with zero attached hydrogens (tertiary/aromatic N) is 2. The quantitative estimate of drug-likeness (QED) is 0.472. The van der Waals surface area contributed by atoms with Crippen LogP contribution in [0.1, 0.15) is 32.6 Å². The maximum atomic E-state index is 13.8. The summed E-state index contributed by atoms with van der Waals surface area (Å²) in [7, 11) is 0. The minimum atomic E-state index is -0.994. The first-order valence-electron chi connectivity index (χ1n) is 8.62. The topological polar surface area (TPSA) is 122 Å². The van der Waals surface area contributed by atoms with Crippen molar-refractivity contribution in [3.63, 3.8) is 0 Å². The zero-order valence-corrected chi connectivity index (χ0v) is 14.7. The molecule has 1 aliphatic heterocycles. The van der Waals surface area contributed by atoms with Crippen LogP contribution < -0.4 is 10.6 Å². The highest BCUT2D eigenvalue weighted by atomic mass is 19.1. The fourth-order valence-corrected chi connectivity index (χ4v) is 3.69. The second kappa shape index (κ2) is 6.93. The van der Waals surface area contributed by atoms with Crippen LogP contribution in [0.25, 0.3) is 0 Å². The van der Waals surface area contributed by atoms with Crippen molar-refractivity contribution in [2.45, 2.75) is 38.1 Å². The standard InChI is InChI=1S/C17H19FN4O5/c1-10-4-2-3-7-17(10)15(24)21(16(25)20-17)9-14(23)19-13-8-11(22(26)27)5-6-12(13)18/h5-6,8,10H,2-4,7,9H2,1H3,(H,19,23)(H,20,25)/t10-,17-/m1/s1. The third-order valence-electron chi connectivity index (χ3n) is 5.24. The van der Waals surface area contributed by atoms with Crippen molar-refractivity contribution in [1.82, 2.24) is 10.2 Å². The summed E-state index contributed by atoms with van der Waals surface area (Å²) in [5.74, 6) is -2.19. The highest BCUT2D eigenvalue weighted by molar-refractivity contribution is 6.10. The molecular weight excluding hydrogens is 359 g/mol. The van der Waals surface area contributed by atoms with E-state index in [1.807, 2.05) is 6.92 Å². The fourth-order valence-electron chi connectivity index (χ4n) is 3.69. The number of hydrogen-bond acceptors (Lipinski definition) is 5. The van der Waals surface area contributed by atoms with Gasteiger partial charge in [-0.1, -0.05) is 19.8 Å². The number of nitro benzene ring substituents is 1. The minimum absolute atomic E-state index is 0.0509. The number of carbonyl (C=O) groups excluding carboxylic acids is 3. The molecule has 1 aliphatic carbocycles. The van der Waals surface area contributed by atoms with E-state index in [9.17, 15) is 28.9 Å². The Bertz CT molecular complexity index is 830. The number of anilines is 1. The SMILES string of the molecule is C[C@@H]1CCCC[C@@]12NC(=O)N(CC(=O)Nc1cc([N+](=O)[O-])ccc1F)C2=O. The zero-order valence-electron chi connectivity index (χ0n) is 14.7. The number of carbonyl (C=O) groups is 3. The molecule has 0 unspecified atom stereocenters. The van der Waals surface area contributed by atoms with E-state index in [2.05, 4.69) is 10.6 Å². The normalized spacial score (nSPS) is 24.8. The molecule has 144 valence electrons. The smallest absolute Gasteiger partial charge is 0.323 e. The van der Waals surface area contributed by atoms with Gasteiger partial charge in [-0.05, 0) is 24.8 Å². The van der Waals surface area contributed by atoms with Crippen molar-refractivity contribution >= 4 is 29.2 Å². The van der Waals surface area contributed by atoms with Gasteiger partial charge in [0.05, 0.1) is 10.6 Å². The summed E-state index contributed by atoms with van der Waals surface area (Å²) in [6, 6.07) is 2.05. The first-order chi connectivity index (χ1) is 12.7. The maximum Gasteiger partial charge on any atom is 0.325 e. The molecule has 2 N–H and O–H groups in total. The third-order valence-corrected chi connectivity index (χ3v) is 5.24. The summed E-state index contributed by atoms with van der Waals surface area (Å²) in [5, 5.41) is 15.7. The Labute approximate surface area is 154 Å². The molecule has 0 bridgehead atoms. The summed E-state index contributed by atoms with van der Waals surface area (Å²) < 4.78 is 13.8. The van der Waals surface area contributed by atoms with Gasteiger partial charge in [0, 0.05) is 12.1 Å². The summed E-state index contributed by atoms with van der Waals surface area (Å²) in [4.78, 5) is 48.1. The number of urea groups is 1. The first kappa shape index (κ1) is 18.7. The predicted molar refractivity (Wildman–Crippen MR) is 92.3 cm³/mol. The van der Waals surface area contributed by atoms with Crippen LogP contribution in [0.5, 0.6) is 0 Å². The van der Waals surface area contributed by atoms with Crippen molar-refractivity contribution in [1.29, 1.82) is 0 Å². The molecular formula is C17H19FN4O5. The molecule has 10 heteroatoms. The van der Waals surface area contributed by atoms with Gasteiger partial charge in [0.1, 0.15) is 17.9 Å². The number of nitro groups is 1. The van der Waals surface area contributed by atoms with Crippen molar-refractivity contribution in [2.75, 3.05) is 11.9 Å². The number of amides is 4. The summed E-state index contributed by atoms with van der Waals surface area (Å²) in [5.41, 5.74) is -1.77. The Morgan fingerprint density at radius 1 is 1.44 bits per heavy atom. The van der Waals surface area contributed by atoms with Crippen LogP contribution in [0.2, 0.25) is 0 Å². The molecule has 1 saturated carbocycles. The van der Waals surface area contributed by atoms with E-state index >= 15 is 0 Å². The van der Waals surface area contributed by atoms with Gasteiger partial charge in [0.25, 0.3) is 11.6 Å². The molecule has 9 nitrogen and oxygen atoms in total. The largest absolute Gasteiger partial charge is 0.325 e. The fraction of sp³-hybridized carbons (Fsp3) is 0.471. The van der Waals surface area contributed by atoms with Gasteiger partial charge >= 0.3 is 6.03 Å². The molecule has 0 aromatic heterocycles. The second-order valence-corrected chi connectivity index (χ2v) is 6.91. The Morgan fingerprint density at radius 2 is 2.19 bits per heavy atom. The van der Waals surface area contributed by atoms with Gasteiger partial charge in [-0.2, -0.15) is 0 Å². The molecule has 1 spiro atoms. The van der Waals surface area contributed by atoms with E-state index in [0.717, 1.165) is 42.4 Å². The zero-order chi connectivity index (χ0) is 19.8. The van der Waals surface area contributed by atoms with Gasteiger partial charge in [-0.25, -0.2) is 9.18 Å². The van der Waals surface area contributed by atoms with Crippen molar-refractivity contribution in [2.24, 2.45) is 5.92 Å². The number of halogens is 1. The molecule has 1 heterocycles. The summed E-state index contributed by atoms with van der Waals surface area (Å²) in [6.45, 7) is 1.29.